The molecule has 1 saturated carbocycles. The fraction of sp³-hybridized carbons (Fsp3) is 0.692. The fourth-order valence-electron chi connectivity index (χ4n) is 2.46. The number of aromatic nitrogens is 1. The van der Waals surface area contributed by atoms with Gasteiger partial charge in [0.15, 0.2) is 5.69 Å². The van der Waals surface area contributed by atoms with Gasteiger partial charge in [-0.05, 0) is 19.3 Å². The van der Waals surface area contributed by atoms with E-state index in [4.69, 9.17) is 5.11 Å². The van der Waals surface area contributed by atoms with Gasteiger partial charge in [-0.1, -0.05) is 32.6 Å². The molecule has 1 aliphatic rings. The lowest BCUT2D eigenvalue weighted by molar-refractivity contribution is 0.0690. The van der Waals surface area contributed by atoms with Crippen LogP contribution in [0.1, 0.15) is 71.7 Å². The van der Waals surface area contributed by atoms with Crippen LogP contribution in [0.15, 0.2) is 0 Å². The van der Waals surface area contributed by atoms with Gasteiger partial charge < -0.3 is 5.11 Å². The van der Waals surface area contributed by atoms with Crippen molar-refractivity contribution in [2.24, 2.45) is 0 Å². The Morgan fingerprint density at radius 2 is 2.12 bits per heavy atom. The summed E-state index contributed by atoms with van der Waals surface area (Å²) in [5.74, 6) is -0.357. The number of hydrogen-bond acceptors (Lipinski definition) is 3. The van der Waals surface area contributed by atoms with E-state index >= 15 is 0 Å². The first-order valence-corrected chi connectivity index (χ1v) is 7.27. The molecule has 1 aromatic rings. The van der Waals surface area contributed by atoms with Crippen molar-refractivity contribution in [3.63, 3.8) is 0 Å². The summed E-state index contributed by atoms with van der Waals surface area (Å²) in [6.07, 6.45) is 8.01. The molecule has 2 rings (SSSR count). The van der Waals surface area contributed by atoms with E-state index in [1.807, 2.05) is 0 Å². The van der Waals surface area contributed by atoms with E-state index in [0.717, 1.165) is 22.7 Å². The molecule has 4 heteroatoms. The molecule has 94 valence electrons. The molecule has 1 aliphatic carbocycles. The van der Waals surface area contributed by atoms with Crippen molar-refractivity contribution in [2.75, 3.05) is 0 Å². The quantitative estimate of drug-likeness (QED) is 0.887. The molecule has 0 aliphatic heterocycles. The van der Waals surface area contributed by atoms with Gasteiger partial charge in [-0.3, -0.25) is 0 Å². The standard InChI is InChI=1S/C13H19NO2S/c1-2-6-10-11(13(15)16)14-12(17-10)9-7-4-3-5-8-9/h9H,2-8H2,1H3,(H,15,16). The molecule has 0 unspecified atom stereocenters. The maximum absolute atomic E-state index is 11.1. The first kappa shape index (κ1) is 12.6. The van der Waals surface area contributed by atoms with Crippen LogP contribution in [0.4, 0.5) is 0 Å². The summed E-state index contributed by atoms with van der Waals surface area (Å²) >= 11 is 1.63. The Bertz CT molecular complexity index is 394. The lowest BCUT2D eigenvalue weighted by Gasteiger charge is -2.18. The van der Waals surface area contributed by atoms with Crippen LogP contribution in [0.2, 0.25) is 0 Å². The molecule has 0 spiro atoms. The van der Waals surface area contributed by atoms with Gasteiger partial charge in [-0.2, -0.15) is 0 Å². The predicted octanol–water partition coefficient (Wildman–Crippen LogP) is 3.84. The molecular weight excluding hydrogens is 234 g/mol. The Balaban J connectivity index is 2.22. The van der Waals surface area contributed by atoms with Crippen LogP contribution in [0.3, 0.4) is 0 Å². The predicted molar refractivity (Wildman–Crippen MR) is 68.9 cm³/mol. The highest BCUT2D eigenvalue weighted by molar-refractivity contribution is 7.12. The Morgan fingerprint density at radius 1 is 1.41 bits per heavy atom. The molecule has 1 fully saturated rings. The molecule has 3 nitrogen and oxygen atoms in total. The zero-order chi connectivity index (χ0) is 12.3. The van der Waals surface area contributed by atoms with Gasteiger partial charge in [0, 0.05) is 10.8 Å². The third-order valence-electron chi connectivity index (χ3n) is 3.35. The second-order valence-corrected chi connectivity index (χ2v) is 5.83. The minimum atomic E-state index is -0.869. The molecule has 1 aromatic heterocycles. The molecule has 1 heterocycles. The summed E-state index contributed by atoms with van der Waals surface area (Å²) in [6.45, 7) is 2.08. The number of aromatic carboxylic acids is 1. The summed E-state index contributed by atoms with van der Waals surface area (Å²) in [5, 5.41) is 10.2. The number of thiazole rings is 1. The van der Waals surface area contributed by atoms with Gasteiger partial charge in [0.05, 0.1) is 5.01 Å². The van der Waals surface area contributed by atoms with Crippen LogP contribution >= 0.6 is 11.3 Å². The van der Waals surface area contributed by atoms with E-state index < -0.39 is 5.97 Å². The molecule has 0 aromatic carbocycles. The van der Waals surface area contributed by atoms with Crippen LogP contribution in [-0.2, 0) is 6.42 Å². The Labute approximate surface area is 106 Å². The highest BCUT2D eigenvalue weighted by Gasteiger charge is 2.23. The third-order valence-corrected chi connectivity index (χ3v) is 4.63. The second-order valence-electron chi connectivity index (χ2n) is 4.71. The average molecular weight is 253 g/mol. The Morgan fingerprint density at radius 3 is 2.71 bits per heavy atom. The molecule has 1 N–H and O–H groups in total. The van der Waals surface area contributed by atoms with Gasteiger partial charge in [-0.15, -0.1) is 11.3 Å². The molecule has 0 amide bonds. The first-order valence-electron chi connectivity index (χ1n) is 6.45. The van der Waals surface area contributed by atoms with Crippen LogP contribution in [0.5, 0.6) is 0 Å². The van der Waals surface area contributed by atoms with Crippen molar-refractivity contribution in [1.82, 2.24) is 4.98 Å². The molecule has 17 heavy (non-hydrogen) atoms. The van der Waals surface area contributed by atoms with Crippen molar-refractivity contribution in [3.8, 4) is 0 Å². The molecule has 0 bridgehead atoms. The Kier molecular flexibility index (Phi) is 4.15. The molecule has 0 saturated heterocycles. The molecular formula is C13H19NO2S. The lowest BCUT2D eigenvalue weighted by Crippen LogP contribution is -2.05. The van der Waals surface area contributed by atoms with Gasteiger partial charge in [0.25, 0.3) is 0 Å². The highest BCUT2D eigenvalue weighted by atomic mass is 32.1. The maximum Gasteiger partial charge on any atom is 0.355 e. The maximum atomic E-state index is 11.1. The minimum Gasteiger partial charge on any atom is -0.476 e. The smallest absolute Gasteiger partial charge is 0.355 e. The SMILES string of the molecule is CCCc1sc(C2CCCCC2)nc1C(=O)O. The summed E-state index contributed by atoms with van der Waals surface area (Å²) in [6, 6.07) is 0. The van der Waals surface area contributed by atoms with Crippen molar-refractivity contribution >= 4 is 17.3 Å². The van der Waals surface area contributed by atoms with Gasteiger partial charge >= 0.3 is 5.97 Å². The van der Waals surface area contributed by atoms with Gasteiger partial charge in [0.1, 0.15) is 0 Å². The number of aryl methyl sites for hydroxylation is 1. The average Bonchev–Trinajstić information content (AvgIpc) is 2.75. The topological polar surface area (TPSA) is 50.2 Å². The van der Waals surface area contributed by atoms with Crippen LogP contribution in [0.25, 0.3) is 0 Å². The van der Waals surface area contributed by atoms with E-state index in [9.17, 15) is 4.79 Å². The van der Waals surface area contributed by atoms with E-state index in [2.05, 4.69) is 11.9 Å². The van der Waals surface area contributed by atoms with E-state index in [-0.39, 0.29) is 0 Å². The van der Waals surface area contributed by atoms with Crippen molar-refractivity contribution < 1.29 is 9.90 Å². The van der Waals surface area contributed by atoms with Gasteiger partial charge in [0.2, 0.25) is 0 Å². The number of carboxylic acid groups (broad SMARTS) is 1. The summed E-state index contributed by atoms with van der Waals surface area (Å²) in [4.78, 5) is 16.5. The fourth-order valence-corrected chi connectivity index (χ4v) is 3.79. The van der Waals surface area contributed by atoms with E-state index in [1.165, 1.54) is 32.1 Å². The van der Waals surface area contributed by atoms with Crippen LogP contribution in [-0.4, -0.2) is 16.1 Å². The number of rotatable bonds is 4. The summed E-state index contributed by atoms with van der Waals surface area (Å²) in [7, 11) is 0. The summed E-state index contributed by atoms with van der Waals surface area (Å²) in [5.41, 5.74) is 0.303. The molecule has 0 atom stereocenters. The van der Waals surface area contributed by atoms with Crippen LogP contribution < -0.4 is 0 Å². The van der Waals surface area contributed by atoms with Crippen LogP contribution in [0, 0.1) is 0 Å². The van der Waals surface area contributed by atoms with E-state index in [0.29, 0.717) is 11.6 Å². The second kappa shape index (κ2) is 5.63. The number of carbonyl (C=O) groups is 1. The number of hydrogen-bond donors (Lipinski definition) is 1. The largest absolute Gasteiger partial charge is 0.476 e. The number of carboxylic acids is 1. The molecule has 0 radical (unpaired) electrons. The minimum absolute atomic E-state index is 0.303. The van der Waals surface area contributed by atoms with Crippen molar-refractivity contribution in [1.29, 1.82) is 0 Å². The Hall–Kier alpha value is -0.900. The number of nitrogens with zero attached hydrogens (tertiary/aromatic N) is 1. The zero-order valence-electron chi connectivity index (χ0n) is 10.2. The lowest BCUT2D eigenvalue weighted by atomic mass is 9.90. The monoisotopic (exact) mass is 253 g/mol. The normalized spacial score (nSPS) is 17.2. The van der Waals surface area contributed by atoms with Crippen molar-refractivity contribution in [2.45, 2.75) is 57.8 Å². The zero-order valence-corrected chi connectivity index (χ0v) is 11.1. The van der Waals surface area contributed by atoms with Gasteiger partial charge in [-0.25, -0.2) is 9.78 Å². The van der Waals surface area contributed by atoms with E-state index in [1.54, 1.807) is 11.3 Å². The van der Waals surface area contributed by atoms with Crippen molar-refractivity contribution in [3.05, 3.63) is 15.6 Å². The first-order chi connectivity index (χ1) is 8.22. The third kappa shape index (κ3) is 2.86. The highest BCUT2D eigenvalue weighted by Crippen LogP contribution is 2.36. The summed E-state index contributed by atoms with van der Waals surface area (Å²) < 4.78 is 0.